The van der Waals surface area contributed by atoms with Crippen molar-refractivity contribution in [1.82, 2.24) is 10.2 Å². The normalized spacial score (nSPS) is 19.9. The number of methoxy groups -OCH3 is 1. The molecule has 114 valence electrons. The molecule has 1 aliphatic heterocycles. The van der Waals surface area contributed by atoms with Crippen molar-refractivity contribution in [1.29, 1.82) is 0 Å². The van der Waals surface area contributed by atoms with Crippen molar-refractivity contribution in [3.05, 3.63) is 21.4 Å². The van der Waals surface area contributed by atoms with Crippen LogP contribution >= 0.6 is 11.3 Å². The molecule has 1 saturated heterocycles. The highest BCUT2D eigenvalue weighted by molar-refractivity contribution is 7.12. The fourth-order valence-corrected chi connectivity index (χ4v) is 3.91. The first kappa shape index (κ1) is 16.0. The lowest BCUT2D eigenvalue weighted by Crippen LogP contribution is -2.21. The molecular weight excluding hydrogens is 268 g/mol. The van der Waals surface area contributed by atoms with Crippen molar-refractivity contribution in [3.8, 4) is 0 Å². The molecule has 0 spiro atoms. The summed E-state index contributed by atoms with van der Waals surface area (Å²) in [6.45, 7) is 11.0. The van der Waals surface area contributed by atoms with E-state index in [2.05, 4.69) is 30.1 Å². The SMILES string of the molecule is CCCNCc1cc(CN2CCC(COC)C2)c(C)s1. The van der Waals surface area contributed by atoms with Gasteiger partial charge in [0.15, 0.2) is 0 Å². The van der Waals surface area contributed by atoms with Crippen LogP contribution in [0.15, 0.2) is 6.07 Å². The van der Waals surface area contributed by atoms with E-state index >= 15 is 0 Å². The summed E-state index contributed by atoms with van der Waals surface area (Å²) in [5, 5.41) is 3.49. The lowest BCUT2D eigenvalue weighted by molar-refractivity contribution is 0.152. The Hall–Kier alpha value is -0.420. The molecule has 1 N–H and O–H groups in total. The first-order valence-electron chi connectivity index (χ1n) is 7.73. The molecule has 20 heavy (non-hydrogen) atoms. The molecule has 0 aliphatic carbocycles. The molecule has 4 heteroatoms. The largest absolute Gasteiger partial charge is 0.384 e. The van der Waals surface area contributed by atoms with Crippen LogP contribution in [-0.2, 0) is 17.8 Å². The Morgan fingerprint density at radius 2 is 2.35 bits per heavy atom. The van der Waals surface area contributed by atoms with Crippen LogP contribution in [0.2, 0.25) is 0 Å². The number of thiophene rings is 1. The minimum atomic E-state index is 0.727. The van der Waals surface area contributed by atoms with Gasteiger partial charge in [0.05, 0.1) is 6.61 Å². The van der Waals surface area contributed by atoms with Crippen LogP contribution in [0.4, 0.5) is 0 Å². The fourth-order valence-electron chi connectivity index (χ4n) is 2.89. The van der Waals surface area contributed by atoms with E-state index in [1.54, 1.807) is 7.11 Å². The molecular formula is C16H28N2OS. The number of ether oxygens (including phenoxy) is 1. The number of rotatable bonds is 8. The van der Waals surface area contributed by atoms with Gasteiger partial charge in [0.25, 0.3) is 0 Å². The molecule has 1 aromatic heterocycles. The third-order valence-corrected chi connectivity index (χ3v) is 5.06. The number of nitrogens with one attached hydrogen (secondary N) is 1. The maximum Gasteiger partial charge on any atom is 0.0503 e. The van der Waals surface area contributed by atoms with Crippen LogP contribution in [0.5, 0.6) is 0 Å². The number of aryl methyl sites for hydroxylation is 1. The van der Waals surface area contributed by atoms with Gasteiger partial charge in [-0.1, -0.05) is 6.92 Å². The van der Waals surface area contributed by atoms with Crippen LogP contribution in [0.1, 0.15) is 35.1 Å². The van der Waals surface area contributed by atoms with E-state index in [1.807, 2.05) is 11.3 Å². The van der Waals surface area contributed by atoms with Gasteiger partial charge in [0.1, 0.15) is 0 Å². The summed E-state index contributed by atoms with van der Waals surface area (Å²) in [4.78, 5) is 5.52. The minimum Gasteiger partial charge on any atom is -0.384 e. The average molecular weight is 296 g/mol. The van der Waals surface area contributed by atoms with E-state index in [0.717, 1.165) is 32.2 Å². The van der Waals surface area contributed by atoms with Gasteiger partial charge in [-0.2, -0.15) is 0 Å². The predicted octanol–water partition coefficient (Wildman–Crippen LogP) is 3.02. The van der Waals surface area contributed by atoms with Crippen molar-refractivity contribution < 1.29 is 4.74 Å². The van der Waals surface area contributed by atoms with Gasteiger partial charge in [-0.3, -0.25) is 4.90 Å². The Morgan fingerprint density at radius 3 is 3.10 bits per heavy atom. The van der Waals surface area contributed by atoms with E-state index in [4.69, 9.17) is 4.74 Å². The standard InChI is InChI=1S/C16H28N2OS/c1-4-6-17-9-16-8-15(13(2)20-16)11-18-7-5-14(10-18)12-19-3/h8,14,17H,4-7,9-12H2,1-3H3. The average Bonchev–Trinajstić information content (AvgIpc) is 2.99. The fraction of sp³-hybridized carbons (Fsp3) is 0.750. The molecule has 1 atom stereocenters. The summed E-state index contributed by atoms with van der Waals surface area (Å²) in [5.41, 5.74) is 1.52. The molecule has 3 nitrogen and oxygen atoms in total. The summed E-state index contributed by atoms with van der Waals surface area (Å²) in [6.07, 6.45) is 2.48. The topological polar surface area (TPSA) is 24.5 Å². The maximum absolute atomic E-state index is 5.27. The van der Waals surface area contributed by atoms with Crippen LogP contribution in [-0.4, -0.2) is 38.3 Å². The highest BCUT2D eigenvalue weighted by Gasteiger charge is 2.23. The first-order chi connectivity index (χ1) is 9.72. The molecule has 2 rings (SSSR count). The van der Waals surface area contributed by atoms with Gasteiger partial charge in [0.2, 0.25) is 0 Å². The zero-order valence-corrected chi connectivity index (χ0v) is 13.9. The molecule has 1 unspecified atom stereocenters. The van der Waals surface area contributed by atoms with Gasteiger partial charge >= 0.3 is 0 Å². The second-order valence-corrected chi connectivity index (χ2v) is 7.16. The van der Waals surface area contributed by atoms with Gasteiger partial charge in [-0.25, -0.2) is 0 Å². The molecule has 1 aromatic rings. The molecule has 2 heterocycles. The van der Waals surface area contributed by atoms with Gasteiger partial charge in [-0.15, -0.1) is 11.3 Å². The summed E-state index contributed by atoms with van der Waals surface area (Å²) in [6, 6.07) is 2.40. The van der Waals surface area contributed by atoms with Crippen LogP contribution in [0.25, 0.3) is 0 Å². The molecule has 0 aromatic carbocycles. The third-order valence-electron chi connectivity index (χ3n) is 3.96. The van der Waals surface area contributed by atoms with Gasteiger partial charge in [0, 0.05) is 36.5 Å². The van der Waals surface area contributed by atoms with Crippen LogP contribution < -0.4 is 5.32 Å². The quantitative estimate of drug-likeness (QED) is 0.746. The van der Waals surface area contributed by atoms with Crippen molar-refractivity contribution in [2.24, 2.45) is 5.92 Å². The molecule has 0 amide bonds. The maximum atomic E-state index is 5.27. The van der Waals surface area contributed by atoms with Crippen LogP contribution in [0, 0.1) is 12.8 Å². The van der Waals surface area contributed by atoms with Crippen molar-refractivity contribution in [2.75, 3.05) is 33.4 Å². The number of hydrogen-bond acceptors (Lipinski definition) is 4. The van der Waals surface area contributed by atoms with E-state index in [0.29, 0.717) is 0 Å². The van der Waals surface area contributed by atoms with Crippen LogP contribution in [0.3, 0.4) is 0 Å². The predicted molar refractivity (Wildman–Crippen MR) is 86.3 cm³/mol. The zero-order chi connectivity index (χ0) is 14.4. The Bertz CT molecular complexity index is 405. The van der Waals surface area contributed by atoms with Crippen molar-refractivity contribution in [2.45, 2.75) is 39.8 Å². The second kappa shape index (κ2) is 8.13. The molecule has 0 saturated carbocycles. The Balaban J connectivity index is 1.83. The van der Waals surface area contributed by atoms with Gasteiger partial charge in [-0.05, 0) is 50.4 Å². The highest BCUT2D eigenvalue weighted by atomic mass is 32.1. The molecule has 0 bridgehead atoms. The number of nitrogens with zero attached hydrogens (tertiary/aromatic N) is 1. The number of likely N-dealkylation sites (tertiary alicyclic amines) is 1. The second-order valence-electron chi connectivity index (χ2n) is 5.82. The molecule has 1 fully saturated rings. The Morgan fingerprint density at radius 1 is 1.50 bits per heavy atom. The Kier molecular flexibility index (Phi) is 6.49. The summed E-state index contributed by atoms with van der Waals surface area (Å²) in [5.74, 6) is 0.727. The minimum absolute atomic E-state index is 0.727. The first-order valence-corrected chi connectivity index (χ1v) is 8.54. The summed E-state index contributed by atoms with van der Waals surface area (Å²) < 4.78 is 5.27. The summed E-state index contributed by atoms with van der Waals surface area (Å²) in [7, 11) is 1.81. The third kappa shape index (κ3) is 4.55. The van der Waals surface area contributed by atoms with E-state index in [9.17, 15) is 0 Å². The van der Waals surface area contributed by atoms with Crippen molar-refractivity contribution >= 4 is 11.3 Å². The van der Waals surface area contributed by atoms with E-state index in [1.165, 1.54) is 41.2 Å². The smallest absolute Gasteiger partial charge is 0.0503 e. The highest BCUT2D eigenvalue weighted by Crippen LogP contribution is 2.25. The molecule has 0 radical (unpaired) electrons. The lowest BCUT2D eigenvalue weighted by atomic mass is 10.1. The van der Waals surface area contributed by atoms with E-state index in [-0.39, 0.29) is 0 Å². The monoisotopic (exact) mass is 296 g/mol. The van der Waals surface area contributed by atoms with E-state index < -0.39 is 0 Å². The van der Waals surface area contributed by atoms with Gasteiger partial charge < -0.3 is 10.1 Å². The molecule has 1 aliphatic rings. The van der Waals surface area contributed by atoms with Crippen molar-refractivity contribution in [3.63, 3.8) is 0 Å². The summed E-state index contributed by atoms with van der Waals surface area (Å²) >= 11 is 1.95. The zero-order valence-electron chi connectivity index (χ0n) is 13.1. The Labute approximate surface area is 127 Å². The number of hydrogen-bond donors (Lipinski definition) is 1. The lowest BCUT2D eigenvalue weighted by Gasteiger charge is -2.15.